The fraction of sp³-hybridized carbons (Fsp3) is 0.333. The summed E-state index contributed by atoms with van der Waals surface area (Å²) in [6.45, 7) is 6.20. The van der Waals surface area contributed by atoms with Crippen molar-refractivity contribution < 1.29 is 4.74 Å². The molecule has 0 aliphatic heterocycles. The molecule has 1 aromatic carbocycles. The summed E-state index contributed by atoms with van der Waals surface area (Å²) in [5, 5.41) is 6.48. The Morgan fingerprint density at radius 2 is 1.95 bits per heavy atom. The molecule has 0 aliphatic carbocycles. The molecule has 0 saturated carbocycles. The van der Waals surface area contributed by atoms with Gasteiger partial charge in [-0.05, 0) is 39.0 Å². The van der Waals surface area contributed by atoms with Crippen LogP contribution in [0, 0.1) is 0 Å². The number of anilines is 3. The van der Waals surface area contributed by atoms with Crippen LogP contribution in [-0.4, -0.2) is 22.6 Å². The minimum absolute atomic E-state index is 0.0748. The Balaban J connectivity index is 2.15. The van der Waals surface area contributed by atoms with E-state index in [4.69, 9.17) is 4.74 Å². The van der Waals surface area contributed by atoms with Gasteiger partial charge < -0.3 is 15.4 Å². The molecule has 20 heavy (non-hydrogen) atoms. The maximum Gasteiger partial charge on any atom is 0.225 e. The summed E-state index contributed by atoms with van der Waals surface area (Å²) >= 11 is 0. The molecule has 0 bridgehead atoms. The van der Waals surface area contributed by atoms with Gasteiger partial charge in [0.15, 0.2) is 0 Å². The highest BCUT2D eigenvalue weighted by atomic mass is 16.5. The lowest BCUT2D eigenvalue weighted by Crippen LogP contribution is -2.27. The van der Waals surface area contributed by atoms with Crippen LogP contribution >= 0.6 is 0 Å². The number of rotatable bonds is 4. The molecule has 2 aromatic rings. The second kappa shape index (κ2) is 5.77. The zero-order valence-electron chi connectivity index (χ0n) is 12.3. The highest BCUT2D eigenvalue weighted by molar-refractivity contribution is 5.58. The average Bonchev–Trinajstić information content (AvgIpc) is 2.37. The molecule has 2 N–H and O–H groups in total. The largest absolute Gasteiger partial charge is 0.497 e. The quantitative estimate of drug-likeness (QED) is 0.892. The van der Waals surface area contributed by atoms with Crippen molar-refractivity contribution in [2.24, 2.45) is 0 Å². The van der Waals surface area contributed by atoms with Crippen LogP contribution in [-0.2, 0) is 0 Å². The van der Waals surface area contributed by atoms with Crippen LogP contribution in [0.5, 0.6) is 5.75 Å². The second-order valence-corrected chi connectivity index (χ2v) is 5.50. The molecule has 0 radical (unpaired) electrons. The van der Waals surface area contributed by atoms with Crippen molar-refractivity contribution in [1.82, 2.24) is 9.97 Å². The zero-order chi connectivity index (χ0) is 14.6. The van der Waals surface area contributed by atoms with Crippen molar-refractivity contribution in [3.63, 3.8) is 0 Å². The van der Waals surface area contributed by atoms with Gasteiger partial charge in [0.25, 0.3) is 0 Å². The molecule has 5 nitrogen and oxygen atoms in total. The first kappa shape index (κ1) is 14.1. The summed E-state index contributed by atoms with van der Waals surface area (Å²) < 4.78 is 5.20. The van der Waals surface area contributed by atoms with Crippen molar-refractivity contribution >= 4 is 17.5 Å². The van der Waals surface area contributed by atoms with E-state index in [-0.39, 0.29) is 5.54 Å². The Morgan fingerprint density at radius 3 is 2.65 bits per heavy atom. The number of methoxy groups -OCH3 is 1. The fourth-order valence-electron chi connectivity index (χ4n) is 1.67. The zero-order valence-corrected chi connectivity index (χ0v) is 12.3. The third-order valence-electron chi connectivity index (χ3n) is 2.48. The van der Waals surface area contributed by atoms with E-state index in [1.54, 1.807) is 13.3 Å². The molecular weight excluding hydrogens is 252 g/mol. The molecule has 0 amide bonds. The molecule has 1 heterocycles. The van der Waals surface area contributed by atoms with Gasteiger partial charge in [-0.1, -0.05) is 6.07 Å². The predicted molar refractivity (Wildman–Crippen MR) is 81.7 cm³/mol. The molecule has 0 saturated heterocycles. The number of ether oxygens (including phenoxy) is 1. The minimum Gasteiger partial charge on any atom is -0.497 e. The number of aromatic nitrogens is 2. The van der Waals surface area contributed by atoms with Crippen LogP contribution in [0.1, 0.15) is 20.8 Å². The first-order valence-electron chi connectivity index (χ1n) is 6.48. The Bertz CT molecular complexity index is 578. The lowest BCUT2D eigenvalue weighted by Gasteiger charge is -2.20. The Labute approximate surface area is 119 Å². The van der Waals surface area contributed by atoms with Crippen LogP contribution in [0.2, 0.25) is 0 Å². The first-order valence-corrected chi connectivity index (χ1v) is 6.48. The number of nitrogens with one attached hydrogen (secondary N) is 2. The summed E-state index contributed by atoms with van der Waals surface area (Å²) in [5.74, 6) is 2.14. The maximum absolute atomic E-state index is 5.20. The van der Waals surface area contributed by atoms with E-state index in [1.165, 1.54) is 0 Å². The topological polar surface area (TPSA) is 59.1 Å². The normalized spacial score (nSPS) is 11.0. The third kappa shape index (κ3) is 4.12. The summed E-state index contributed by atoms with van der Waals surface area (Å²) in [5.41, 5.74) is 0.846. The summed E-state index contributed by atoms with van der Waals surface area (Å²) in [7, 11) is 1.65. The van der Waals surface area contributed by atoms with E-state index in [0.717, 1.165) is 17.3 Å². The van der Waals surface area contributed by atoms with Crippen LogP contribution in [0.25, 0.3) is 0 Å². The molecule has 106 valence electrons. The molecule has 0 fully saturated rings. The molecule has 0 unspecified atom stereocenters. The van der Waals surface area contributed by atoms with Crippen LogP contribution in [0.4, 0.5) is 17.5 Å². The van der Waals surface area contributed by atoms with Crippen molar-refractivity contribution in [2.75, 3.05) is 17.7 Å². The van der Waals surface area contributed by atoms with Gasteiger partial charge >= 0.3 is 0 Å². The molecule has 2 rings (SSSR count). The van der Waals surface area contributed by atoms with E-state index in [1.807, 2.05) is 30.3 Å². The van der Waals surface area contributed by atoms with Crippen LogP contribution < -0.4 is 15.4 Å². The third-order valence-corrected chi connectivity index (χ3v) is 2.48. The van der Waals surface area contributed by atoms with Crippen molar-refractivity contribution in [1.29, 1.82) is 0 Å². The van der Waals surface area contributed by atoms with Gasteiger partial charge in [0, 0.05) is 23.5 Å². The molecule has 0 atom stereocenters. The van der Waals surface area contributed by atoms with Gasteiger partial charge in [-0.25, -0.2) is 4.98 Å². The van der Waals surface area contributed by atoms with Crippen LogP contribution in [0.3, 0.4) is 0 Å². The summed E-state index contributed by atoms with van der Waals surface area (Å²) in [6.07, 6.45) is 1.73. The SMILES string of the molecule is COc1cccc(Nc2ccnc(NC(C)(C)C)n2)c1. The number of nitrogens with zero attached hydrogens (tertiary/aromatic N) is 2. The predicted octanol–water partition coefficient (Wildman–Crippen LogP) is 3.44. The lowest BCUT2D eigenvalue weighted by molar-refractivity contribution is 0.415. The standard InChI is InChI=1S/C15H20N4O/c1-15(2,3)19-14-16-9-8-13(18-14)17-11-6-5-7-12(10-11)20-4/h5-10H,1-4H3,(H2,16,17,18,19). The number of benzene rings is 1. The maximum atomic E-state index is 5.20. The Kier molecular flexibility index (Phi) is 4.08. The van der Waals surface area contributed by atoms with Crippen molar-refractivity contribution in [3.05, 3.63) is 36.5 Å². The lowest BCUT2D eigenvalue weighted by atomic mass is 10.1. The van der Waals surface area contributed by atoms with Gasteiger partial charge in [-0.3, -0.25) is 0 Å². The van der Waals surface area contributed by atoms with Gasteiger partial charge in [0.1, 0.15) is 11.6 Å². The van der Waals surface area contributed by atoms with E-state index >= 15 is 0 Å². The molecule has 0 spiro atoms. The minimum atomic E-state index is -0.0748. The second-order valence-electron chi connectivity index (χ2n) is 5.50. The highest BCUT2D eigenvalue weighted by Crippen LogP contribution is 2.20. The summed E-state index contributed by atoms with van der Waals surface area (Å²) in [6, 6.07) is 9.53. The van der Waals surface area contributed by atoms with E-state index in [2.05, 4.69) is 41.4 Å². The highest BCUT2D eigenvalue weighted by Gasteiger charge is 2.11. The van der Waals surface area contributed by atoms with E-state index in [9.17, 15) is 0 Å². The van der Waals surface area contributed by atoms with Crippen molar-refractivity contribution in [3.8, 4) is 5.75 Å². The molecule has 0 aliphatic rings. The van der Waals surface area contributed by atoms with Crippen molar-refractivity contribution in [2.45, 2.75) is 26.3 Å². The number of hydrogen-bond acceptors (Lipinski definition) is 5. The molecular formula is C15H20N4O. The van der Waals surface area contributed by atoms with Gasteiger partial charge in [-0.2, -0.15) is 4.98 Å². The fourth-order valence-corrected chi connectivity index (χ4v) is 1.67. The molecule has 1 aromatic heterocycles. The smallest absolute Gasteiger partial charge is 0.225 e. The van der Waals surface area contributed by atoms with Gasteiger partial charge in [-0.15, -0.1) is 0 Å². The Morgan fingerprint density at radius 1 is 1.15 bits per heavy atom. The van der Waals surface area contributed by atoms with Crippen LogP contribution in [0.15, 0.2) is 36.5 Å². The van der Waals surface area contributed by atoms with Gasteiger partial charge in [0.05, 0.1) is 7.11 Å². The van der Waals surface area contributed by atoms with Gasteiger partial charge in [0.2, 0.25) is 5.95 Å². The van der Waals surface area contributed by atoms with E-state index in [0.29, 0.717) is 5.95 Å². The molecule has 5 heteroatoms. The average molecular weight is 272 g/mol. The first-order chi connectivity index (χ1) is 9.46. The Hall–Kier alpha value is -2.30. The monoisotopic (exact) mass is 272 g/mol. The van der Waals surface area contributed by atoms with E-state index < -0.39 is 0 Å². The number of hydrogen-bond donors (Lipinski definition) is 2. The summed E-state index contributed by atoms with van der Waals surface area (Å²) in [4.78, 5) is 8.65.